The normalized spacial score (nSPS) is 16.4. The van der Waals surface area contributed by atoms with E-state index < -0.39 is 10.0 Å². The predicted molar refractivity (Wildman–Crippen MR) is 138 cm³/mol. The molecule has 0 saturated heterocycles. The van der Waals surface area contributed by atoms with Gasteiger partial charge in [0.15, 0.2) is 0 Å². The van der Waals surface area contributed by atoms with Gasteiger partial charge in [0.25, 0.3) is 0 Å². The van der Waals surface area contributed by atoms with Crippen molar-refractivity contribution < 1.29 is 22.6 Å². The van der Waals surface area contributed by atoms with E-state index in [1.807, 2.05) is 19.2 Å². The molecule has 0 aromatic heterocycles. The van der Waals surface area contributed by atoms with Gasteiger partial charge in [-0.25, -0.2) is 13.1 Å². The lowest BCUT2D eigenvalue weighted by molar-refractivity contribution is 0.0171. The van der Waals surface area contributed by atoms with Crippen LogP contribution >= 0.6 is 23.2 Å². The van der Waals surface area contributed by atoms with Crippen molar-refractivity contribution in [1.29, 1.82) is 0 Å². The number of hydrogen-bond donors (Lipinski definition) is 2. The van der Waals surface area contributed by atoms with E-state index in [1.54, 1.807) is 24.3 Å². The molecule has 3 N–H and O–H groups in total. The Kier molecular flexibility index (Phi) is 11.2. The molecular weight excluding hydrogens is 513 g/mol. The van der Waals surface area contributed by atoms with Crippen LogP contribution in [0.1, 0.15) is 22.6 Å². The third kappa shape index (κ3) is 8.38. The number of nitrogens with zero attached hydrogens (tertiary/aromatic N) is 1. The van der Waals surface area contributed by atoms with Crippen LogP contribution in [0.4, 0.5) is 0 Å². The van der Waals surface area contributed by atoms with Crippen molar-refractivity contribution in [2.45, 2.75) is 17.4 Å². The van der Waals surface area contributed by atoms with Crippen LogP contribution in [0.5, 0.6) is 0 Å². The Balaban J connectivity index is 1.54. The first kappa shape index (κ1) is 28.3. The molecular formula is C24H33Cl2N3O5S. The summed E-state index contributed by atoms with van der Waals surface area (Å²) in [4.78, 5) is 2.37. The van der Waals surface area contributed by atoms with Crippen LogP contribution < -0.4 is 10.5 Å². The van der Waals surface area contributed by atoms with Crippen LogP contribution in [0.3, 0.4) is 0 Å². The summed E-state index contributed by atoms with van der Waals surface area (Å²) in [6, 6.07) is 10.7. The van der Waals surface area contributed by atoms with Gasteiger partial charge in [-0.15, -0.1) is 0 Å². The molecule has 0 fully saturated rings. The first-order valence-corrected chi connectivity index (χ1v) is 13.7. The quantitative estimate of drug-likeness (QED) is 0.352. The van der Waals surface area contributed by atoms with E-state index >= 15 is 0 Å². The Hall–Kier alpha value is -1.27. The maximum absolute atomic E-state index is 12.9. The highest BCUT2D eigenvalue weighted by atomic mass is 35.5. The fourth-order valence-electron chi connectivity index (χ4n) is 3.99. The zero-order valence-electron chi connectivity index (χ0n) is 19.8. The lowest BCUT2D eigenvalue weighted by atomic mass is 9.85. The summed E-state index contributed by atoms with van der Waals surface area (Å²) >= 11 is 12.7. The molecule has 0 radical (unpaired) electrons. The minimum Gasteiger partial charge on any atom is -0.378 e. The summed E-state index contributed by atoms with van der Waals surface area (Å²) in [6.45, 7) is 4.57. The summed E-state index contributed by atoms with van der Waals surface area (Å²) in [7, 11) is -1.68. The highest BCUT2D eigenvalue weighted by Gasteiger charge is 2.28. The number of likely N-dealkylation sites (N-methyl/N-ethyl adjacent to an activating group) is 1. The molecule has 0 amide bonds. The van der Waals surface area contributed by atoms with Gasteiger partial charge in [-0.1, -0.05) is 35.3 Å². The van der Waals surface area contributed by atoms with E-state index in [4.69, 9.17) is 43.1 Å². The molecule has 0 unspecified atom stereocenters. The predicted octanol–water partition coefficient (Wildman–Crippen LogP) is 2.86. The molecule has 194 valence electrons. The fourth-order valence-corrected chi connectivity index (χ4v) is 5.62. The molecule has 3 rings (SSSR count). The third-order valence-corrected chi connectivity index (χ3v) is 7.62. The Morgan fingerprint density at radius 2 is 1.71 bits per heavy atom. The first-order valence-electron chi connectivity index (χ1n) is 11.5. The van der Waals surface area contributed by atoms with E-state index in [2.05, 4.69) is 9.62 Å². The molecule has 1 aliphatic heterocycles. The van der Waals surface area contributed by atoms with Crippen LogP contribution in [0, 0.1) is 0 Å². The molecule has 35 heavy (non-hydrogen) atoms. The van der Waals surface area contributed by atoms with Gasteiger partial charge in [0.2, 0.25) is 10.0 Å². The molecule has 0 spiro atoms. The summed E-state index contributed by atoms with van der Waals surface area (Å²) in [6.07, 6.45) is 0. The maximum atomic E-state index is 12.9. The summed E-state index contributed by atoms with van der Waals surface area (Å²) < 4.78 is 44.4. The second-order valence-corrected chi connectivity index (χ2v) is 10.9. The number of hydrogen-bond acceptors (Lipinski definition) is 7. The van der Waals surface area contributed by atoms with Crippen LogP contribution in [-0.2, 0) is 30.8 Å². The molecule has 1 atom stereocenters. The van der Waals surface area contributed by atoms with E-state index in [1.165, 1.54) is 0 Å². The minimum atomic E-state index is -3.69. The van der Waals surface area contributed by atoms with Crippen molar-refractivity contribution in [3.8, 4) is 0 Å². The summed E-state index contributed by atoms with van der Waals surface area (Å²) in [5.41, 5.74) is 8.28. The smallest absolute Gasteiger partial charge is 0.240 e. The lowest BCUT2D eigenvalue weighted by Crippen LogP contribution is -2.31. The molecule has 11 heteroatoms. The van der Waals surface area contributed by atoms with Gasteiger partial charge in [-0.3, -0.25) is 0 Å². The molecule has 2 aromatic rings. The molecule has 2 aromatic carbocycles. The molecule has 0 aliphatic carbocycles. The van der Waals surface area contributed by atoms with E-state index in [-0.39, 0.29) is 24.0 Å². The topological polar surface area (TPSA) is 103 Å². The average Bonchev–Trinajstić information content (AvgIpc) is 2.82. The van der Waals surface area contributed by atoms with E-state index in [0.717, 1.165) is 23.2 Å². The third-order valence-electron chi connectivity index (χ3n) is 5.61. The largest absolute Gasteiger partial charge is 0.378 e. The van der Waals surface area contributed by atoms with Gasteiger partial charge < -0.3 is 24.8 Å². The average molecular weight is 547 g/mol. The van der Waals surface area contributed by atoms with Crippen molar-refractivity contribution in [1.82, 2.24) is 9.62 Å². The lowest BCUT2D eigenvalue weighted by Gasteiger charge is -2.33. The van der Waals surface area contributed by atoms with Gasteiger partial charge in [-0.2, -0.15) is 0 Å². The second-order valence-electron chi connectivity index (χ2n) is 8.30. The van der Waals surface area contributed by atoms with Crippen LogP contribution in [0.2, 0.25) is 10.0 Å². The number of benzene rings is 2. The highest BCUT2D eigenvalue weighted by Crippen LogP contribution is 2.38. The minimum absolute atomic E-state index is 0.0425. The SMILES string of the molecule is CN1Cc2c(Cl)cc(Cl)cc2[C@H](c2cccc(S(=O)(=O)NCCOCCOCCOCCN)c2)C1. The van der Waals surface area contributed by atoms with Crippen LogP contribution in [0.25, 0.3) is 0 Å². The maximum Gasteiger partial charge on any atom is 0.240 e. The Morgan fingerprint density at radius 1 is 1.03 bits per heavy atom. The van der Waals surface area contributed by atoms with Crippen LogP contribution in [0.15, 0.2) is 41.3 Å². The van der Waals surface area contributed by atoms with Crippen molar-refractivity contribution in [3.63, 3.8) is 0 Å². The van der Waals surface area contributed by atoms with Crippen molar-refractivity contribution >= 4 is 33.2 Å². The number of nitrogens with two attached hydrogens (primary N) is 1. The molecule has 0 saturated carbocycles. The number of sulfonamides is 1. The van der Waals surface area contributed by atoms with Crippen molar-refractivity contribution in [2.75, 3.05) is 66.3 Å². The Labute approximate surface area is 217 Å². The van der Waals surface area contributed by atoms with Gasteiger partial charge in [-0.05, 0) is 48.0 Å². The summed E-state index contributed by atoms with van der Waals surface area (Å²) in [5, 5.41) is 1.19. The standard InChI is InChI=1S/C24H33Cl2N3O5S/c1-29-16-22(21-14-19(25)15-24(26)23(21)17-29)18-3-2-4-20(13-18)35(30,31)28-6-8-33-10-12-34-11-9-32-7-5-27/h2-4,13-15,22,28H,5-12,16-17,27H2,1H3/t22-/m0/s1. The van der Waals surface area contributed by atoms with Crippen LogP contribution in [-0.4, -0.2) is 79.6 Å². The fraction of sp³-hybridized carbons (Fsp3) is 0.500. The summed E-state index contributed by atoms with van der Waals surface area (Å²) in [5.74, 6) is -0.0425. The molecule has 0 bridgehead atoms. The van der Waals surface area contributed by atoms with E-state index in [0.29, 0.717) is 56.2 Å². The molecule has 8 nitrogen and oxygen atoms in total. The van der Waals surface area contributed by atoms with Gasteiger partial charge in [0.05, 0.1) is 44.5 Å². The molecule has 1 aliphatic rings. The number of rotatable bonds is 14. The van der Waals surface area contributed by atoms with Gasteiger partial charge >= 0.3 is 0 Å². The zero-order chi connectivity index (χ0) is 25.3. The number of ether oxygens (including phenoxy) is 3. The van der Waals surface area contributed by atoms with Gasteiger partial charge in [0.1, 0.15) is 0 Å². The van der Waals surface area contributed by atoms with E-state index in [9.17, 15) is 8.42 Å². The monoisotopic (exact) mass is 545 g/mol. The van der Waals surface area contributed by atoms with Crippen molar-refractivity contribution in [2.24, 2.45) is 5.73 Å². The number of halogens is 2. The first-order chi connectivity index (χ1) is 16.8. The van der Waals surface area contributed by atoms with Gasteiger partial charge in [0, 0.05) is 42.1 Å². The Bertz CT molecular complexity index is 1070. The number of nitrogens with one attached hydrogen (secondary N) is 1. The highest BCUT2D eigenvalue weighted by molar-refractivity contribution is 7.89. The zero-order valence-corrected chi connectivity index (χ0v) is 22.2. The second kappa shape index (κ2) is 13.9. The Morgan fingerprint density at radius 3 is 2.43 bits per heavy atom. The van der Waals surface area contributed by atoms with Crippen molar-refractivity contribution in [3.05, 3.63) is 63.1 Å². The number of fused-ring (bicyclic) bond motifs is 1. The molecule has 1 heterocycles.